The van der Waals surface area contributed by atoms with Crippen molar-refractivity contribution in [2.24, 2.45) is 0 Å². The lowest BCUT2D eigenvalue weighted by Crippen LogP contribution is -2.14. The molecule has 1 unspecified atom stereocenters. The van der Waals surface area contributed by atoms with E-state index < -0.39 is 17.0 Å². The molecule has 1 N–H and O–H groups in total. The molecule has 1 atom stereocenters. The molecular weight excluding hydrogens is 280 g/mol. The summed E-state index contributed by atoms with van der Waals surface area (Å²) in [4.78, 5) is 15.9. The minimum absolute atomic E-state index is 0.0247. The van der Waals surface area contributed by atoms with Crippen LogP contribution in [0, 0.1) is 0 Å². The number of amides is 1. The Morgan fingerprint density at radius 1 is 1.35 bits per heavy atom. The van der Waals surface area contributed by atoms with Crippen molar-refractivity contribution in [3.05, 3.63) is 48.3 Å². The van der Waals surface area contributed by atoms with Gasteiger partial charge in [-0.1, -0.05) is 12.1 Å². The summed E-state index contributed by atoms with van der Waals surface area (Å²) in [5.41, 5.74) is 0.490. The van der Waals surface area contributed by atoms with Crippen LogP contribution in [0.3, 0.4) is 0 Å². The smallest absolute Gasteiger partial charge is 0.257 e. The predicted molar refractivity (Wildman–Crippen MR) is 72.4 cm³/mol. The number of hydrogen-bond donors (Lipinski definition) is 1. The first-order chi connectivity index (χ1) is 9.61. The number of hydrogen-bond acceptors (Lipinski definition) is 5. The molecule has 0 aliphatic carbocycles. The van der Waals surface area contributed by atoms with Crippen LogP contribution in [-0.2, 0) is 11.1 Å². The van der Waals surface area contributed by atoms with Crippen molar-refractivity contribution in [3.63, 3.8) is 0 Å². The summed E-state index contributed by atoms with van der Waals surface area (Å²) in [6.07, 6.45) is 2.84. The van der Waals surface area contributed by atoms with Crippen LogP contribution in [0.15, 0.2) is 47.6 Å². The topological polar surface area (TPSA) is 91.3 Å². The SMILES string of the molecule is COc1cncc(C(=O)Nc2ccccc2S(=O)[O-])c1. The third-order valence-corrected chi connectivity index (χ3v) is 3.24. The van der Waals surface area contributed by atoms with E-state index in [0.29, 0.717) is 5.75 Å². The van der Waals surface area contributed by atoms with E-state index in [1.807, 2.05) is 0 Å². The molecule has 2 rings (SSSR count). The van der Waals surface area contributed by atoms with Crippen LogP contribution >= 0.6 is 0 Å². The number of carbonyl (C=O) groups excluding carboxylic acids is 1. The molecule has 1 amide bonds. The third kappa shape index (κ3) is 3.19. The Bertz CT molecular complexity index is 660. The summed E-state index contributed by atoms with van der Waals surface area (Å²) < 4.78 is 27.1. The number of ether oxygens (including phenoxy) is 1. The molecule has 1 aromatic heterocycles. The fourth-order valence-electron chi connectivity index (χ4n) is 1.56. The highest BCUT2D eigenvalue weighted by atomic mass is 32.2. The Labute approximate surface area is 118 Å². The van der Waals surface area contributed by atoms with Gasteiger partial charge >= 0.3 is 0 Å². The van der Waals surface area contributed by atoms with Crippen molar-refractivity contribution in [1.29, 1.82) is 0 Å². The van der Waals surface area contributed by atoms with Gasteiger partial charge in [0.05, 0.1) is 24.6 Å². The second-order valence-electron chi connectivity index (χ2n) is 3.80. The minimum Gasteiger partial charge on any atom is -0.768 e. The highest BCUT2D eigenvalue weighted by Gasteiger charge is 2.10. The van der Waals surface area contributed by atoms with E-state index in [1.54, 1.807) is 12.1 Å². The molecule has 2 aromatic rings. The minimum atomic E-state index is -2.42. The molecule has 0 bridgehead atoms. The number of benzene rings is 1. The summed E-state index contributed by atoms with van der Waals surface area (Å²) in [5, 5.41) is 2.53. The van der Waals surface area contributed by atoms with Crippen molar-refractivity contribution in [2.75, 3.05) is 12.4 Å². The van der Waals surface area contributed by atoms with Gasteiger partial charge in [-0.25, -0.2) is 0 Å². The van der Waals surface area contributed by atoms with E-state index in [-0.39, 0.29) is 16.1 Å². The lowest BCUT2D eigenvalue weighted by atomic mass is 10.2. The third-order valence-electron chi connectivity index (χ3n) is 2.53. The molecule has 0 aliphatic heterocycles. The van der Waals surface area contributed by atoms with E-state index in [9.17, 15) is 13.6 Å². The zero-order valence-electron chi connectivity index (χ0n) is 10.5. The van der Waals surface area contributed by atoms with Crippen molar-refractivity contribution in [2.45, 2.75) is 4.90 Å². The summed E-state index contributed by atoms with van der Waals surface area (Å²) in [6, 6.07) is 7.64. The summed E-state index contributed by atoms with van der Waals surface area (Å²) in [6.45, 7) is 0. The van der Waals surface area contributed by atoms with Crippen LogP contribution in [0.4, 0.5) is 5.69 Å². The van der Waals surface area contributed by atoms with Gasteiger partial charge in [0.2, 0.25) is 0 Å². The van der Waals surface area contributed by atoms with Crippen LogP contribution in [0.5, 0.6) is 5.75 Å². The molecule has 1 aromatic carbocycles. The van der Waals surface area contributed by atoms with Crippen LogP contribution in [0.2, 0.25) is 0 Å². The van der Waals surface area contributed by atoms with E-state index in [4.69, 9.17) is 4.74 Å². The maximum Gasteiger partial charge on any atom is 0.257 e. The van der Waals surface area contributed by atoms with Gasteiger partial charge in [-0.05, 0) is 29.3 Å². The molecule has 104 valence electrons. The quantitative estimate of drug-likeness (QED) is 0.863. The normalized spacial score (nSPS) is 11.7. The summed E-state index contributed by atoms with van der Waals surface area (Å²) in [5.74, 6) is -0.0207. The molecule has 6 nitrogen and oxygen atoms in total. The number of methoxy groups -OCH3 is 1. The second-order valence-corrected chi connectivity index (χ2v) is 4.71. The molecule has 0 fully saturated rings. The predicted octanol–water partition coefficient (Wildman–Crippen LogP) is 1.58. The second kappa shape index (κ2) is 6.27. The van der Waals surface area contributed by atoms with E-state index in [0.717, 1.165) is 0 Å². The van der Waals surface area contributed by atoms with Gasteiger partial charge in [0.15, 0.2) is 0 Å². The number of aromatic nitrogens is 1. The molecule has 0 aliphatic rings. The van der Waals surface area contributed by atoms with Crippen LogP contribution in [-0.4, -0.2) is 26.8 Å². The fraction of sp³-hybridized carbons (Fsp3) is 0.0769. The summed E-state index contributed by atoms with van der Waals surface area (Å²) in [7, 11) is 1.47. The largest absolute Gasteiger partial charge is 0.768 e. The lowest BCUT2D eigenvalue weighted by molar-refractivity contribution is 0.102. The zero-order valence-corrected chi connectivity index (χ0v) is 11.3. The summed E-state index contributed by atoms with van der Waals surface area (Å²) >= 11 is -2.42. The highest BCUT2D eigenvalue weighted by molar-refractivity contribution is 7.79. The zero-order chi connectivity index (χ0) is 14.5. The van der Waals surface area contributed by atoms with Crippen molar-refractivity contribution >= 4 is 22.7 Å². The molecule has 0 saturated heterocycles. The standard InChI is InChI=1S/C13H12N2O4S/c1-19-10-6-9(7-14-8-10)13(16)15-11-4-2-3-5-12(11)20(17)18/h2-8H,1H3,(H,15,16)(H,17,18)/p-1. The first-order valence-electron chi connectivity index (χ1n) is 5.60. The Morgan fingerprint density at radius 3 is 2.80 bits per heavy atom. The maximum atomic E-state index is 12.0. The molecular formula is C13H11N2O4S-. The number of pyridine rings is 1. The van der Waals surface area contributed by atoms with Gasteiger partial charge in [-0.15, -0.1) is 0 Å². The molecule has 0 spiro atoms. The molecule has 7 heteroatoms. The molecule has 20 heavy (non-hydrogen) atoms. The molecule has 0 saturated carbocycles. The van der Waals surface area contributed by atoms with Crippen molar-refractivity contribution in [1.82, 2.24) is 4.98 Å². The average Bonchev–Trinajstić information content (AvgIpc) is 2.47. The Balaban J connectivity index is 2.25. The van der Waals surface area contributed by atoms with Crippen LogP contribution in [0.1, 0.15) is 10.4 Å². The van der Waals surface area contributed by atoms with Gasteiger partial charge in [-0.3, -0.25) is 14.0 Å². The van der Waals surface area contributed by atoms with Crippen LogP contribution < -0.4 is 10.1 Å². The van der Waals surface area contributed by atoms with E-state index >= 15 is 0 Å². The number of nitrogens with one attached hydrogen (secondary N) is 1. The number of para-hydroxylation sites is 1. The highest BCUT2D eigenvalue weighted by Crippen LogP contribution is 2.19. The van der Waals surface area contributed by atoms with Crippen LogP contribution in [0.25, 0.3) is 0 Å². The van der Waals surface area contributed by atoms with Crippen molar-refractivity contribution < 1.29 is 18.3 Å². The van der Waals surface area contributed by atoms with E-state index in [2.05, 4.69) is 10.3 Å². The maximum absolute atomic E-state index is 12.0. The molecule has 1 heterocycles. The Kier molecular flexibility index (Phi) is 4.44. The first-order valence-corrected chi connectivity index (χ1v) is 6.68. The average molecular weight is 291 g/mol. The Hall–Kier alpha value is -2.25. The fourth-order valence-corrected chi connectivity index (χ4v) is 2.05. The van der Waals surface area contributed by atoms with Crippen molar-refractivity contribution in [3.8, 4) is 5.75 Å². The first kappa shape index (κ1) is 14.2. The number of rotatable bonds is 4. The lowest BCUT2D eigenvalue weighted by Gasteiger charge is -2.12. The Morgan fingerprint density at radius 2 is 2.10 bits per heavy atom. The van der Waals surface area contributed by atoms with Gasteiger partial charge in [0, 0.05) is 11.1 Å². The number of carbonyl (C=O) groups is 1. The van der Waals surface area contributed by atoms with Gasteiger partial charge in [-0.2, -0.15) is 0 Å². The number of nitrogens with zero attached hydrogens (tertiary/aromatic N) is 1. The van der Waals surface area contributed by atoms with Gasteiger partial charge in [0.25, 0.3) is 5.91 Å². The van der Waals surface area contributed by atoms with E-state index in [1.165, 1.54) is 37.7 Å². The van der Waals surface area contributed by atoms with Gasteiger partial charge in [0.1, 0.15) is 5.75 Å². The molecule has 0 radical (unpaired) electrons. The monoisotopic (exact) mass is 291 g/mol. The number of anilines is 1. The van der Waals surface area contributed by atoms with Gasteiger partial charge < -0.3 is 14.6 Å².